The number of nitrogens with zero attached hydrogens (tertiary/aromatic N) is 1. The van der Waals surface area contributed by atoms with Gasteiger partial charge in [-0.05, 0) is 88.2 Å². The second-order valence-electron chi connectivity index (χ2n) is 7.35. The number of rotatable bonds is 7. The maximum atomic E-state index is 12.6. The van der Waals surface area contributed by atoms with E-state index in [-0.39, 0.29) is 12.5 Å². The van der Waals surface area contributed by atoms with Crippen LogP contribution in [0.25, 0.3) is 6.08 Å². The number of carbonyl (C=O) groups is 1. The highest BCUT2D eigenvalue weighted by atomic mass is 79.9. The SMILES string of the molecule is CCOc1cc(/C=C2/SC(=Nc3cccc(Cl)c3Cl)NC2=O)cc(Br)c1OCc1ccc(Cl)c(Cl)c1. The Morgan fingerprint density at radius 3 is 2.58 bits per heavy atom. The molecule has 36 heavy (non-hydrogen) atoms. The molecular weight excluding hydrogens is 630 g/mol. The fourth-order valence-corrected chi connectivity index (χ4v) is 5.25. The van der Waals surface area contributed by atoms with E-state index < -0.39 is 0 Å². The molecule has 11 heteroatoms. The van der Waals surface area contributed by atoms with Gasteiger partial charge in [-0.25, -0.2) is 4.99 Å². The highest BCUT2D eigenvalue weighted by Crippen LogP contribution is 2.40. The van der Waals surface area contributed by atoms with Gasteiger partial charge in [0, 0.05) is 0 Å². The Kier molecular flexibility index (Phi) is 9.15. The van der Waals surface area contributed by atoms with Gasteiger partial charge in [-0.2, -0.15) is 0 Å². The second kappa shape index (κ2) is 12.1. The largest absolute Gasteiger partial charge is 0.490 e. The van der Waals surface area contributed by atoms with Gasteiger partial charge in [0.2, 0.25) is 0 Å². The van der Waals surface area contributed by atoms with E-state index in [9.17, 15) is 4.79 Å². The molecule has 1 aliphatic rings. The highest BCUT2D eigenvalue weighted by molar-refractivity contribution is 9.10. The Morgan fingerprint density at radius 1 is 1.03 bits per heavy atom. The number of nitrogens with one attached hydrogen (secondary N) is 1. The zero-order chi connectivity index (χ0) is 25.8. The number of hydrogen-bond acceptors (Lipinski definition) is 5. The Bertz CT molecular complexity index is 1400. The summed E-state index contributed by atoms with van der Waals surface area (Å²) in [7, 11) is 0. The van der Waals surface area contributed by atoms with E-state index >= 15 is 0 Å². The van der Waals surface area contributed by atoms with E-state index in [2.05, 4.69) is 26.2 Å². The molecule has 0 aliphatic carbocycles. The van der Waals surface area contributed by atoms with E-state index in [1.165, 1.54) is 11.8 Å². The Hall–Kier alpha value is -1.87. The summed E-state index contributed by atoms with van der Waals surface area (Å²) in [5.74, 6) is 0.791. The van der Waals surface area contributed by atoms with Crippen molar-refractivity contribution < 1.29 is 14.3 Å². The molecule has 1 fully saturated rings. The summed E-state index contributed by atoms with van der Waals surface area (Å²) in [4.78, 5) is 17.5. The molecule has 0 radical (unpaired) electrons. The first-order valence-corrected chi connectivity index (χ1v) is 13.6. The Labute approximate surface area is 240 Å². The van der Waals surface area contributed by atoms with Crippen molar-refractivity contribution in [3.8, 4) is 11.5 Å². The number of hydrogen-bond donors (Lipinski definition) is 1. The zero-order valence-corrected chi connectivity index (χ0v) is 24.0. The average Bonchev–Trinajstić information content (AvgIpc) is 3.17. The van der Waals surface area contributed by atoms with E-state index in [1.807, 2.05) is 25.1 Å². The van der Waals surface area contributed by atoms with Crippen LogP contribution in [0.2, 0.25) is 20.1 Å². The molecule has 3 aromatic rings. The summed E-state index contributed by atoms with van der Waals surface area (Å²) in [6, 6.07) is 14.1. The van der Waals surface area contributed by atoms with E-state index in [4.69, 9.17) is 55.9 Å². The van der Waals surface area contributed by atoms with Crippen LogP contribution in [0.1, 0.15) is 18.1 Å². The third kappa shape index (κ3) is 6.52. The molecule has 3 aromatic carbocycles. The van der Waals surface area contributed by atoms with E-state index in [0.717, 1.165) is 11.1 Å². The average molecular weight is 647 g/mol. The van der Waals surface area contributed by atoms with E-state index in [0.29, 0.717) is 58.4 Å². The Balaban J connectivity index is 1.57. The van der Waals surface area contributed by atoms with Crippen molar-refractivity contribution in [2.45, 2.75) is 13.5 Å². The summed E-state index contributed by atoms with van der Waals surface area (Å²) < 4.78 is 12.5. The van der Waals surface area contributed by atoms with Gasteiger partial charge in [0.15, 0.2) is 16.7 Å². The van der Waals surface area contributed by atoms with Crippen LogP contribution in [0.5, 0.6) is 11.5 Å². The lowest BCUT2D eigenvalue weighted by atomic mass is 10.1. The van der Waals surface area contributed by atoms with Gasteiger partial charge in [-0.1, -0.05) is 58.5 Å². The normalized spacial score (nSPS) is 15.4. The standard InChI is InChI=1S/C25H17BrCl4N2O3S/c1-2-34-20-10-14(8-15(26)23(20)35-12-13-6-7-16(27)18(29)9-13)11-21-24(33)32-25(36-21)31-19-5-3-4-17(28)22(19)30/h3-11H,2,12H2,1H3,(H,31,32,33)/b21-11+. The topological polar surface area (TPSA) is 59.9 Å². The van der Waals surface area contributed by atoms with Crippen molar-refractivity contribution in [3.63, 3.8) is 0 Å². The lowest BCUT2D eigenvalue weighted by Gasteiger charge is -2.15. The fourth-order valence-electron chi connectivity index (χ4n) is 3.18. The third-order valence-electron chi connectivity index (χ3n) is 4.80. The van der Waals surface area contributed by atoms with Crippen LogP contribution in [0.4, 0.5) is 5.69 Å². The van der Waals surface area contributed by atoms with Crippen molar-refractivity contribution in [1.82, 2.24) is 5.32 Å². The molecular formula is C25H17BrCl4N2O3S. The number of amidine groups is 1. The summed E-state index contributed by atoms with van der Waals surface area (Å²) in [5, 5.41) is 4.79. The van der Waals surface area contributed by atoms with Crippen LogP contribution in [-0.4, -0.2) is 17.7 Å². The number of aliphatic imine (C=N–C) groups is 1. The van der Waals surface area contributed by atoms with Gasteiger partial charge >= 0.3 is 0 Å². The Morgan fingerprint density at radius 2 is 1.83 bits per heavy atom. The van der Waals surface area contributed by atoms with Crippen molar-refractivity contribution in [2.24, 2.45) is 4.99 Å². The van der Waals surface area contributed by atoms with Crippen LogP contribution in [0, 0.1) is 0 Å². The first kappa shape index (κ1) is 27.2. The maximum absolute atomic E-state index is 12.6. The predicted molar refractivity (Wildman–Crippen MR) is 153 cm³/mol. The molecule has 1 heterocycles. The van der Waals surface area contributed by atoms with Gasteiger partial charge in [0.25, 0.3) is 5.91 Å². The van der Waals surface area contributed by atoms with Crippen molar-refractivity contribution in [3.05, 3.63) is 89.1 Å². The molecule has 1 aliphatic heterocycles. The molecule has 4 rings (SSSR count). The van der Waals surface area contributed by atoms with Gasteiger partial charge < -0.3 is 14.8 Å². The molecule has 0 spiro atoms. The molecule has 0 bridgehead atoms. The fraction of sp³-hybridized carbons (Fsp3) is 0.120. The number of benzene rings is 3. The van der Waals surface area contributed by atoms with Crippen LogP contribution < -0.4 is 14.8 Å². The first-order chi connectivity index (χ1) is 17.2. The molecule has 0 saturated carbocycles. The minimum Gasteiger partial charge on any atom is -0.490 e. The maximum Gasteiger partial charge on any atom is 0.264 e. The number of carbonyl (C=O) groups excluding carboxylic acids is 1. The van der Waals surface area contributed by atoms with Crippen LogP contribution >= 0.6 is 74.1 Å². The minimum absolute atomic E-state index is 0.264. The van der Waals surface area contributed by atoms with Gasteiger partial charge in [-0.15, -0.1) is 0 Å². The van der Waals surface area contributed by atoms with Crippen molar-refractivity contribution >= 4 is 96.9 Å². The lowest BCUT2D eigenvalue weighted by molar-refractivity contribution is -0.115. The van der Waals surface area contributed by atoms with Crippen molar-refractivity contribution in [2.75, 3.05) is 6.61 Å². The quantitative estimate of drug-likeness (QED) is 0.260. The molecule has 0 unspecified atom stereocenters. The molecule has 186 valence electrons. The molecule has 0 atom stereocenters. The van der Waals surface area contributed by atoms with Crippen LogP contribution in [0.3, 0.4) is 0 Å². The number of ether oxygens (including phenoxy) is 2. The first-order valence-electron chi connectivity index (χ1n) is 10.5. The van der Waals surface area contributed by atoms with Gasteiger partial charge in [-0.3, -0.25) is 4.79 Å². The van der Waals surface area contributed by atoms with Crippen LogP contribution in [-0.2, 0) is 11.4 Å². The number of halogens is 5. The van der Waals surface area contributed by atoms with Crippen LogP contribution in [0.15, 0.2) is 62.9 Å². The smallest absolute Gasteiger partial charge is 0.264 e. The highest BCUT2D eigenvalue weighted by Gasteiger charge is 2.25. The number of amides is 1. The summed E-state index contributed by atoms with van der Waals surface area (Å²) in [6.45, 7) is 2.58. The van der Waals surface area contributed by atoms with Gasteiger partial charge in [0.1, 0.15) is 6.61 Å². The second-order valence-corrected chi connectivity index (χ2v) is 10.8. The monoisotopic (exact) mass is 644 g/mol. The molecule has 1 amide bonds. The van der Waals surface area contributed by atoms with E-state index in [1.54, 1.807) is 36.4 Å². The summed E-state index contributed by atoms with van der Waals surface area (Å²) >= 11 is 29.1. The minimum atomic E-state index is -0.272. The van der Waals surface area contributed by atoms with Gasteiger partial charge in [0.05, 0.1) is 41.8 Å². The lowest BCUT2D eigenvalue weighted by Crippen LogP contribution is -2.19. The molecule has 0 aromatic heterocycles. The molecule has 1 saturated heterocycles. The van der Waals surface area contributed by atoms with Crippen molar-refractivity contribution in [1.29, 1.82) is 0 Å². The zero-order valence-electron chi connectivity index (χ0n) is 18.6. The number of thioether (sulfide) groups is 1. The predicted octanol–water partition coefficient (Wildman–Crippen LogP) is 8.93. The molecule has 5 nitrogen and oxygen atoms in total. The third-order valence-corrected chi connectivity index (χ3v) is 7.85. The summed E-state index contributed by atoms with van der Waals surface area (Å²) in [5.41, 5.74) is 2.07. The summed E-state index contributed by atoms with van der Waals surface area (Å²) in [6.07, 6.45) is 1.75. The molecule has 1 N–H and O–H groups in total.